The molecule has 0 bridgehead atoms. The molecule has 0 atom stereocenters. The molecule has 1 N–H and O–H groups in total. The number of carbonyl (C=O) groups excluding carboxylic acids is 1. The van der Waals surface area contributed by atoms with Crippen LogP contribution in [0.3, 0.4) is 0 Å². The van der Waals surface area contributed by atoms with E-state index in [1.807, 2.05) is 37.3 Å². The largest absolute Gasteiger partial charge is 0.467 e. The maximum Gasteiger partial charge on any atom is 0.262 e. The number of aromatic nitrogens is 2. The second-order valence-corrected chi connectivity index (χ2v) is 7.84. The van der Waals surface area contributed by atoms with Gasteiger partial charge in [-0.05, 0) is 43.2 Å². The van der Waals surface area contributed by atoms with Crippen LogP contribution < -0.4 is 19.9 Å². The minimum Gasteiger partial charge on any atom is -0.467 e. The molecule has 0 aliphatic carbocycles. The summed E-state index contributed by atoms with van der Waals surface area (Å²) < 4.78 is 5.69. The first kappa shape index (κ1) is 21.6. The molecule has 2 aromatic carbocycles. The molecule has 32 heavy (non-hydrogen) atoms. The molecule has 0 radical (unpaired) electrons. The molecule has 0 spiro atoms. The molecular weight excluding hydrogens is 402 g/mol. The standard InChI is InChI=1S/C25H29N5O2/c1-3-20-9-11-21(12-10-20)27-23(31)18-32-24-17-19(2)26-25(28-24)30-15-13-29(14-16-30)22-7-5-4-6-8-22/h4-12,17H,3,13-16,18H2,1-2H3,(H,27,31). The topological polar surface area (TPSA) is 70.6 Å². The van der Waals surface area contributed by atoms with Crippen molar-refractivity contribution in [2.45, 2.75) is 20.3 Å². The number of ether oxygens (including phenoxy) is 1. The molecule has 1 aliphatic rings. The maximum atomic E-state index is 12.3. The summed E-state index contributed by atoms with van der Waals surface area (Å²) in [5.74, 6) is 0.835. The fourth-order valence-electron chi connectivity index (χ4n) is 3.70. The Labute approximate surface area is 189 Å². The minimum absolute atomic E-state index is 0.104. The Bertz CT molecular complexity index is 1030. The van der Waals surface area contributed by atoms with Gasteiger partial charge in [0.05, 0.1) is 0 Å². The average Bonchev–Trinajstić information content (AvgIpc) is 2.83. The van der Waals surface area contributed by atoms with Gasteiger partial charge >= 0.3 is 0 Å². The van der Waals surface area contributed by atoms with Gasteiger partial charge in [0.2, 0.25) is 11.8 Å². The predicted molar refractivity (Wildman–Crippen MR) is 128 cm³/mol. The van der Waals surface area contributed by atoms with Crippen LogP contribution >= 0.6 is 0 Å². The van der Waals surface area contributed by atoms with E-state index in [1.165, 1.54) is 11.3 Å². The number of anilines is 3. The zero-order chi connectivity index (χ0) is 22.3. The molecule has 1 saturated heterocycles. The molecule has 1 fully saturated rings. The van der Waals surface area contributed by atoms with Crippen LogP contribution in [0.5, 0.6) is 5.88 Å². The number of hydrogen-bond acceptors (Lipinski definition) is 6. The van der Waals surface area contributed by atoms with Gasteiger partial charge in [-0.1, -0.05) is 37.3 Å². The lowest BCUT2D eigenvalue weighted by Gasteiger charge is -2.36. The summed E-state index contributed by atoms with van der Waals surface area (Å²) >= 11 is 0. The van der Waals surface area contributed by atoms with E-state index in [4.69, 9.17) is 4.74 Å². The normalized spacial score (nSPS) is 13.7. The van der Waals surface area contributed by atoms with Crippen molar-refractivity contribution in [3.05, 3.63) is 71.9 Å². The van der Waals surface area contributed by atoms with E-state index in [0.717, 1.165) is 44.0 Å². The first-order valence-corrected chi connectivity index (χ1v) is 11.0. The summed E-state index contributed by atoms with van der Waals surface area (Å²) in [6.45, 7) is 7.36. The Balaban J connectivity index is 1.33. The van der Waals surface area contributed by atoms with E-state index in [2.05, 4.69) is 56.3 Å². The van der Waals surface area contributed by atoms with Crippen LogP contribution in [0.2, 0.25) is 0 Å². The van der Waals surface area contributed by atoms with Gasteiger partial charge in [0.1, 0.15) is 0 Å². The average molecular weight is 432 g/mol. The summed E-state index contributed by atoms with van der Waals surface area (Å²) in [6, 6.07) is 20.0. The second-order valence-electron chi connectivity index (χ2n) is 7.84. The predicted octanol–water partition coefficient (Wildman–Crippen LogP) is 3.69. The van der Waals surface area contributed by atoms with Crippen molar-refractivity contribution in [2.24, 2.45) is 0 Å². The summed E-state index contributed by atoms with van der Waals surface area (Å²) in [4.78, 5) is 25.9. The maximum absolute atomic E-state index is 12.3. The second kappa shape index (κ2) is 10.1. The lowest BCUT2D eigenvalue weighted by Crippen LogP contribution is -2.47. The fraction of sp³-hybridized carbons (Fsp3) is 0.320. The number of hydrogen-bond donors (Lipinski definition) is 1. The number of nitrogens with one attached hydrogen (secondary N) is 1. The molecule has 2 heterocycles. The number of rotatable bonds is 7. The van der Waals surface area contributed by atoms with Gasteiger partial charge in [-0.2, -0.15) is 4.98 Å². The van der Waals surface area contributed by atoms with Crippen molar-refractivity contribution in [2.75, 3.05) is 47.9 Å². The number of carbonyl (C=O) groups is 1. The molecule has 3 aromatic rings. The Morgan fingerprint density at radius 2 is 1.66 bits per heavy atom. The molecule has 7 heteroatoms. The van der Waals surface area contributed by atoms with Gasteiger partial charge in [-0.15, -0.1) is 0 Å². The van der Waals surface area contributed by atoms with Crippen molar-refractivity contribution >= 4 is 23.2 Å². The molecule has 4 rings (SSSR count). The third kappa shape index (κ3) is 5.55. The van der Waals surface area contributed by atoms with Crippen LogP contribution in [-0.4, -0.2) is 48.7 Å². The quantitative estimate of drug-likeness (QED) is 0.615. The van der Waals surface area contributed by atoms with Gasteiger partial charge in [0.15, 0.2) is 6.61 Å². The number of benzene rings is 2. The van der Waals surface area contributed by atoms with E-state index < -0.39 is 0 Å². The molecule has 1 aliphatic heterocycles. The Morgan fingerprint density at radius 1 is 0.969 bits per heavy atom. The highest BCUT2D eigenvalue weighted by molar-refractivity contribution is 5.91. The fourth-order valence-corrected chi connectivity index (χ4v) is 3.70. The smallest absolute Gasteiger partial charge is 0.262 e. The molecule has 1 amide bonds. The highest BCUT2D eigenvalue weighted by Crippen LogP contribution is 2.20. The first-order valence-electron chi connectivity index (χ1n) is 11.0. The lowest BCUT2D eigenvalue weighted by molar-refractivity contribution is -0.118. The lowest BCUT2D eigenvalue weighted by atomic mass is 10.1. The van der Waals surface area contributed by atoms with E-state index in [1.54, 1.807) is 6.07 Å². The molecular formula is C25H29N5O2. The van der Waals surface area contributed by atoms with Gasteiger partial charge in [0, 0.05) is 49.3 Å². The summed E-state index contributed by atoms with van der Waals surface area (Å²) in [5, 5.41) is 2.85. The van der Waals surface area contributed by atoms with Crippen LogP contribution in [0.15, 0.2) is 60.7 Å². The van der Waals surface area contributed by atoms with Crippen LogP contribution in [-0.2, 0) is 11.2 Å². The third-order valence-electron chi connectivity index (χ3n) is 5.50. The van der Waals surface area contributed by atoms with Gasteiger partial charge in [-0.3, -0.25) is 4.79 Å². The van der Waals surface area contributed by atoms with E-state index in [9.17, 15) is 4.79 Å². The van der Waals surface area contributed by atoms with Crippen molar-refractivity contribution in [1.82, 2.24) is 9.97 Å². The van der Waals surface area contributed by atoms with Gasteiger partial charge in [-0.25, -0.2) is 4.98 Å². The molecule has 7 nitrogen and oxygen atoms in total. The summed E-state index contributed by atoms with van der Waals surface area (Å²) in [6.07, 6.45) is 0.966. The summed E-state index contributed by atoms with van der Waals surface area (Å²) in [5.41, 5.74) is 4.03. The number of aryl methyl sites for hydroxylation is 2. The number of para-hydroxylation sites is 1. The highest BCUT2D eigenvalue weighted by Gasteiger charge is 2.20. The SMILES string of the molecule is CCc1ccc(NC(=O)COc2cc(C)nc(N3CCN(c4ccccc4)CC3)n2)cc1. The van der Waals surface area contributed by atoms with Crippen molar-refractivity contribution < 1.29 is 9.53 Å². The van der Waals surface area contributed by atoms with Crippen molar-refractivity contribution in [1.29, 1.82) is 0 Å². The number of piperazine rings is 1. The molecule has 0 saturated carbocycles. The van der Waals surface area contributed by atoms with E-state index in [0.29, 0.717) is 11.8 Å². The molecule has 0 unspecified atom stereocenters. The Hall–Kier alpha value is -3.61. The first-order chi connectivity index (χ1) is 15.6. The molecule has 166 valence electrons. The van der Waals surface area contributed by atoms with Gasteiger partial charge in [0.25, 0.3) is 5.91 Å². The van der Waals surface area contributed by atoms with E-state index in [-0.39, 0.29) is 12.5 Å². The monoisotopic (exact) mass is 431 g/mol. The van der Waals surface area contributed by atoms with Gasteiger partial charge < -0.3 is 19.9 Å². The molecule has 1 aromatic heterocycles. The number of amides is 1. The van der Waals surface area contributed by atoms with Crippen LogP contribution in [0.25, 0.3) is 0 Å². The number of nitrogens with zero attached hydrogens (tertiary/aromatic N) is 4. The zero-order valence-corrected chi connectivity index (χ0v) is 18.6. The van der Waals surface area contributed by atoms with Crippen molar-refractivity contribution in [3.63, 3.8) is 0 Å². The van der Waals surface area contributed by atoms with E-state index >= 15 is 0 Å². The Morgan fingerprint density at radius 3 is 2.34 bits per heavy atom. The third-order valence-corrected chi connectivity index (χ3v) is 5.50. The minimum atomic E-state index is -0.219. The van der Waals surface area contributed by atoms with Crippen LogP contribution in [0.1, 0.15) is 18.2 Å². The van der Waals surface area contributed by atoms with Crippen LogP contribution in [0, 0.1) is 6.92 Å². The Kier molecular flexibility index (Phi) is 6.84. The highest BCUT2D eigenvalue weighted by atomic mass is 16.5. The van der Waals surface area contributed by atoms with Crippen molar-refractivity contribution in [3.8, 4) is 5.88 Å². The summed E-state index contributed by atoms with van der Waals surface area (Å²) in [7, 11) is 0. The van der Waals surface area contributed by atoms with Crippen LogP contribution in [0.4, 0.5) is 17.3 Å². The zero-order valence-electron chi connectivity index (χ0n) is 18.6.